The Morgan fingerprint density at radius 1 is 0.951 bits per heavy atom. The number of ether oxygens (including phenoxy) is 1. The van der Waals surface area contributed by atoms with Gasteiger partial charge in [0.15, 0.2) is 5.78 Å². The second-order valence-electron chi connectivity index (χ2n) is 10.2. The lowest BCUT2D eigenvalue weighted by Gasteiger charge is -2.34. The van der Waals surface area contributed by atoms with Crippen molar-refractivity contribution in [1.82, 2.24) is 14.9 Å². The second kappa shape index (κ2) is 11.7. The Morgan fingerprint density at radius 2 is 1.59 bits per heavy atom. The number of rotatable bonds is 8. The van der Waals surface area contributed by atoms with Crippen molar-refractivity contribution in [3.05, 3.63) is 89.0 Å². The molecule has 1 saturated heterocycles. The van der Waals surface area contributed by atoms with Crippen LogP contribution in [-0.4, -0.2) is 57.7 Å². The van der Waals surface area contributed by atoms with Crippen LogP contribution in [0, 0.1) is 5.92 Å². The Morgan fingerprint density at radius 3 is 2.24 bits per heavy atom. The molecular weight excluding hydrogens is 544 g/mol. The summed E-state index contributed by atoms with van der Waals surface area (Å²) < 4.78 is 33.2. The zero-order valence-electron chi connectivity index (χ0n) is 22.9. The SMILES string of the molecule is COc1ccc(CNC(=O)c2ccc3c(c2)S(=O)(=O)N(Cc2ccc(C(=O)C4CCNCC4)cc2)C(=O)N3C)cc1. The molecule has 0 aromatic heterocycles. The van der Waals surface area contributed by atoms with Crippen molar-refractivity contribution in [1.29, 1.82) is 0 Å². The fourth-order valence-electron chi connectivity index (χ4n) is 5.07. The van der Waals surface area contributed by atoms with Crippen molar-refractivity contribution in [2.45, 2.75) is 30.8 Å². The molecule has 11 heteroatoms. The Bertz CT molecular complexity index is 1570. The molecular formula is C30H32N4O6S. The average molecular weight is 577 g/mol. The van der Waals surface area contributed by atoms with E-state index in [0.29, 0.717) is 16.9 Å². The smallest absolute Gasteiger partial charge is 0.338 e. The molecule has 0 atom stereocenters. The standard InChI is InChI=1S/C30H32N4O6S/c1-33-26-12-9-24(29(36)32-18-20-5-10-25(40-2)11-6-20)17-27(26)41(38,39)34(30(33)37)19-21-3-7-22(8-4-21)28(35)23-13-15-31-16-14-23/h3-12,17,23,31H,13-16,18-19H2,1-2H3,(H,32,36). The van der Waals surface area contributed by atoms with Crippen LogP contribution in [-0.2, 0) is 23.1 Å². The number of anilines is 1. The highest BCUT2D eigenvalue weighted by Gasteiger charge is 2.40. The molecule has 2 N–H and O–H groups in total. The average Bonchev–Trinajstić information content (AvgIpc) is 3.01. The third-order valence-corrected chi connectivity index (χ3v) is 9.29. The van der Waals surface area contributed by atoms with Gasteiger partial charge in [-0.2, -0.15) is 0 Å². The van der Waals surface area contributed by atoms with E-state index in [9.17, 15) is 22.8 Å². The molecule has 0 spiro atoms. The van der Waals surface area contributed by atoms with Crippen molar-refractivity contribution in [3.8, 4) is 5.75 Å². The van der Waals surface area contributed by atoms with Gasteiger partial charge in [-0.25, -0.2) is 17.5 Å². The van der Waals surface area contributed by atoms with Gasteiger partial charge in [-0.15, -0.1) is 0 Å². The number of methoxy groups -OCH3 is 1. The van der Waals surface area contributed by atoms with Crippen molar-refractivity contribution in [2.75, 3.05) is 32.1 Å². The molecule has 41 heavy (non-hydrogen) atoms. The predicted molar refractivity (Wildman–Crippen MR) is 154 cm³/mol. The van der Waals surface area contributed by atoms with Gasteiger partial charge in [0.05, 0.1) is 19.3 Å². The minimum atomic E-state index is -4.26. The highest BCUT2D eigenvalue weighted by molar-refractivity contribution is 7.90. The van der Waals surface area contributed by atoms with E-state index >= 15 is 0 Å². The molecule has 0 unspecified atom stereocenters. The number of piperidine rings is 1. The van der Waals surface area contributed by atoms with Crippen LogP contribution in [0.25, 0.3) is 0 Å². The Kier molecular flexibility index (Phi) is 8.09. The zero-order valence-corrected chi connectivity index (χ0v) is 23.7. The van der Waals surface area contributed by atoms with Crippen LogP contribution >= 0.6 is 0 Å². The van der Waals surface area contributed by atoms with Crippen LogP contribution < -0.4 is 20.3 Å². The normalized spacial score (nSPS) is 16.7. The number of sulfonamides is 1. The van der Waals surface area contributed by atoms with E-state index in [4.69, 9.17) is 4.74 Å². The first kappa shape index (κ1) is 28.3. The van der Waals surface area contributed by atoms with Gasteiger partial charge in [-0.05, 0) is 67.4 Å². The van der Waals surface area contributed by atoms with Crippen LogP contribution in [0.1, 0.15) is 44.7 Å². The summed E-state index contributed by atoms with van der Waals surface area (Å²) in [7, 11) is -1.20. The molecule has 0 aliphatic carbocycles. The first-order valence-electron chi connectivity index (χ1n) is 13.4. The van der Waals surface area contributed by atoms with E-state index in [-0.39, 0.29) is 40.9 Å². The lowest BCUT2D eigenvalue weighted by Crippen LogP contribution is -2.48. The molecule has 0 radical (unpaired) electrons. The van der Waals surface area contributed by atoms with E-state index < -0.39 is 22.0 Å². The van der Waals surface area contributed by atoms with Crippen molar-refractivity contribution < 1.29 is 27.5 Å². The van der Waals surface area contributed by atoms with Gasteiger partial charge >= 0.3 is 6.03 Å². The van der Waals surface area contributed by atoms with Gasteiger partial charge in [0.25, 0.3) is 15.9 Å². The summed E-state index contributed by atoms with van der Waals surface area (Å²) in [6, 6.07) is 17.5. The summed E-state index contributed by atoms with van der Waals surface area (Å²) in [5, 5.41) is 6.04. The molecule has 1 fully saturated rings. The topological polar surface area (TPSA) is 125 Å². The number of carbonyl (C=O) groups is 3. The molecule has 2 heterocycles. The number of Topliss-reactive ketones (excluding diaryl/α,β-unsaturated/α-hetero) is 1. The molecule has 5 rings (SSSR count). The Hall–Kier alpha value is -4.22. The number of urea groups is 1. The summed E-state index contributed by atoms with van der Waals surface area (Å²) in [6.45, 7) is 1.66. The van der Waals surface area contributed by atoms with Crippen molar-refractivity contribution >= 4 is 33.4 Å². The summed E-state index contributed by atoms with van der Waals surface area (Å²) in [6.07, 6.45) is 1.57. The van der Waals surface area contributed by atoms with E-state index in [1.54, 1.807) is 43.5 Å². The maximum absolute atomic E-state index is 13.6. The second-order valence-corrected chi connectivity index (χ2v) is 12.0. The number of hydrogen-bond acceptors (Lipinski definition) is 7. The number of ketones is 1. The number of carbonyl (C=O) groups excluding carboxylic acids is 3. The van der Waals surface area contributed by atoms with Gasteiger partial charge in [0, 0.05) is 30.6 Å². The first-order chi connectivity index (χ1) is 19.7. The fourth-order valence-corrected chi connectivity index (χ4v) is 6.70. The highest BCUT2D eigenvalue weighted by atomic mass is 32.2. The largest absolute Gasteiger partial charge is 0.497 e. The molecule has 3 aromatic rings. The number of hydrogen-bond donors (Lipinski definition) is 2. The van der Waals surface area contributed by atoms with Gasteiger partial charge in [-0.1, -0.05) is 36.4 Å². The summed E-state index contributed by atoms with van der Waals surface area (Å²) in [5.74, 6) is 0.300. The van der Waals surface area contributed by atoms with Crippen molar-refractivity contribution in [2.24, 2.45) is 5.92 Å². The highest BCUT2D eigenvalue weighted by Crippen LogP contribution is 2.35. The summed E-state index contributed by atoms with van der Waals surface area (Å²) >= 11 is 0. The fraction of sp³-hybridized carbons (Fsp3) is 0.300. The van der Waals surface area contributed by atoms with Crippen LogP contribution in [0.2, 0.25) is 0 Å². The predicted octanol–water partition coefficient (Wildman–Crippen LogP) is 3.57. The number of nitrogens with zero attached hydrogens (tertiary/aromatic N) is 2. The minimum absolute atomic E-state index is 0.0288. The van der Waals surface area contributed by atoms with E-state index in [1.165, 1.54) is 30.1 Å². The molecule has 3 amide bonds. The third-order valence-electron chi connectivity index (χ3n) is 7.54. The van der Waals surface area contributed by atoms with Crippen molar-refractivity contribution in [3.63, 3.8) is 0 Å². The molecule has 0 bridgehead atoms. The molecule has 3 aromatic carbocycles. The van der Waals surface area contributed by atoms with Crippen LogP contribution in [0.3, 0.4) is 0 Å². The van der Waals surface area contributed by atoms with Crippen LogP contribution in [0.15, 0.2) is 71.6 Å². The first-order valence-corrected chi connectivity index (χ1v) is 14.8. The van der Waals surface area contributed by atoms with Gasteiger partial charge in [0.2, 0.25) is 0 Å². The van der Waals surface area contributed by atoms with Gasteiger partial charge in [0.1, 0.15) is 10.6 Å². The lowest BCUT2D eigenvalue weighted by atomic mass is 9.89. The molecule has 2 aliphatic rings. The van der Waals surface area contributed by atoms with E-state index in [0.717, 1.165) is 35.8 Å². The summed E-state index contributed by atoms with van der Waals surface area (Å²) in [4.78, 5) is 40.0. The molecule has 214 valence electrons. The maximum atomic E-state index is 13.6. The Balaban J connectivity index is 1.33. The van der Waals surface area contributed by atoms with Gasteiger partial charge in [-0.3, -0.25) is 14.5 Å². The Labute approximate surface area is 239 Å². The summed E-state index contributed by atoms with van der Waals surface area (Å²) in [5.41, 5.74) is 2.34. The monoisotopic (exact) mass is 576 g/mol. The third kappa shape index (κ3) is 5.82. The number of benzene rings is 3. The van der Waals surface area contributed by atoms with E-state index in [1.807, 2.05) is 12.1 Å². The van der Waals surface area contributed by atoms with Crippen LogP contribution in [0.5, 0.6) is 5.75 Å². The molecule has 0 saturated carbocycles. The van der Waals surface area contributed by atoms with E-state index in [2.05, 4.69) is 10.6 Å². The van der Waals surface area contributed by atoms with Crippen LogP contribution in [0.4, 0.5) is 10.5 Å². The molecule has 10 nitrogen and oxygen atoms in total. The molecule has 2 aliphatic heterocycles. The number of nitrogens with one attached hydrogen (secondary N) is 2. The maximum Gasteiger partial charge on any atom is 0.338 e. The quantitative estimate of drug-likeness (QED) is 0.393. The van der Waals surface area contributed by atoms with Gasteiger partial charge < -0.3 is 15.4 Å². The zero-order chi connectivity index (χ0) is 29.1. The lowest BCUT2D eigenvalue weighted by molar-refractivity contribution is 0.0894. The number of amides is 3. The minimum Gasteiger partial charge on any atom is -0.497 e. The number of fused-ring (bicyclic) bond motifs is 1.